The Bertz CT molecular complexity index is 1180. The number of aryl methyl sites for hydroxylation is 1. The van der Waals surface area contributed by atoms with Crippen LogP contribution in [-0.2, 0) is 0 Å². The van der Waals surface area contributed by atoms with Crippen molar-refractivity contribution in [2.24, 2.45) is 0 Å². The second-order valence-electron chi connectivity index (χ2n) is 6.85. The van der Waals surface area contributed by atoms with Crippen molar-refractivity contribution in [3.8, 4) is 17.3 Å². The number of hydrogen-bond acceptors (Lipinski definition) is 6. The Kier molecular flexibility index (Phi) is 5.09. The van der Waals surface area contributed by atoms with E-state index in [1.807, 2.05) is 6.92 Å². The zero-order valence-electron chi connectivity index (χ0n) is 16.6. The molecule has 1 N–H and O–H groups in total. The van der Waals surface area contributed by atoms with Crippen LogP contribution in [0.5, 0.6) is 0 Å². The van der Waals surface area contributed by atoms with Crippen LogP contribution < -0.4 is 5.32 Å². The van der Waals surface area contributed by atoms with Crippen LogP contribution in [0.4, 0.5) is 4.39 Å². The number of pyridine rings is 1. The maximum absolute atomic E-state index is 13.1. The molecule has 3 heterocycles. The lowest BCUT2D eigenvalue weighted by Crippen LogP contribution is -2.27. The van der Waals surface area contributed by atoms with Gasteiger partial charge in [-0.2, -0.15) is 10.1 Å². The molecule has 0 radical (unpaired) electrons. The molecular formula is C21H19FN6O2. The van der Waals surface area contributed by atoms with E-state index < -0.39 is 0 Å². The normalized spacial score (nSPS) is 12.0. The summed E-state index contributed by atoms with van der Waals surface area (Å²) in [5.74, 6) is 0.898. The molecule has 1 atom stereocenters. The van der Waals surface area contributed by atoms with Crippen LogP contribution in [0.25, 0.3) is 17.3 Å². The number of nitrogens with one attached hydrogen (secondary N) is 1. The van der Waals surface area contributed by atoms with Crippen LogP contribution >= 0.6 is 0 Å². The summed E-state index contributed by atoms with van der Waals surface area (Å²) in [5, 5.41) is 11.0. The van der Waals surface area contributed by atoms with Crippen molar-refractivity contribution in [3.63, 3.8) is 0 Å². The Morgan fingerprint density at radius 1 is 1.13 bits per heavy atom. The highest BCUT2D eigenvalue weighted by Crippen LogP contribution is 2.19. The van der Waals surface area contributed by atoms with Gasteiger partial charge in [0.15, 0.2) is 11.6 Å². The van der Waals surface area contributed by atoms with Gasteiger partial charge in [-0.1, -0.05) is 17.3 Å². The molecule has 8 nitrogen and oxygen atoms in total. The Balaban J connectivity index is 1.51. The van der Waals surface area contributed by atoms with E-state index in [0.29, 0.717) is 34.4 Å². The molecule has 0 fully saturated rings. The van der Waals surface area contributed by atoms with E-state index >= 15 is 0 Å². The molecule has 9 heteroatoms. The van der Waals surface area contributed by atoms with Crippen molar-refractivity contribution in [1.29, 1.82) is 0 Å². The van der Waals surface area contributed by atoms with E-state index in [1.54, 1.807) is 49.0 Å². The lowest BCUT2D eigenvalue weighted by atomic mass is 10.1. The highest BCUT2D eigenvalue weighted by atomic mass is 19.1. The molecule has 1 unspecified atom stereocenters. The van der Waals surface area contributed by atoms with E-state index in [2.05, 4.69) is 25.5 Å². The Hall–Kier alpha value is -3.88. The van der Waals surface area contributed by atoms with E-state index in [9.17, 15) is 9.18 Å². The van der Waals surface area contributed by atoms with Crippen molar-refractivity contribution >= 4 is 5.91 Å². The number of aromatic nitrogens is 5. The Morgan fingerprint density at radius 2 is 1.90 bits per heavy atom. The fourth-order valence-electron chi connectivity index (χ4n) is 3.02. The third-order valence-corrected chi connectivity index (χ3v) is 4.71. The number of carbonyl (C=O) groups excluding carboxylic acids is 1. The number of carbonyl (C=O) groups is 1. The number of hydrogen-bond donors (Lipinski definition) is 1. The topological polar surface area (TPSA) is 98.7 Å². The Morgan fingerprint density at radius 3 is 2.53 bits per heavy atom. The molecule has 0 saturated heterocycles. The van der Waals surface area contributed by atoms with Gasteiger partial charge in [-0.3, -0.25) is 4.79 Å². The van der Waals surface area contributed by atoms with Crippen molar-refractivity contribution in [2.45, 2.75) is 26.8 Å². The van der Waals surface area contributed by atoms with Gasteiger partial charge in [0.25, 0.3) is 11.8 Å². The maximum Gasteiger partial charge on any atom is 0.259 e. The zero-order chi connectivity index (χ0) is 21.3. The molecule has 0 aliphatic rings. The van der Waals surface area contributed by atoms with Crippen molar-refractivity contribution < 1.29 is 13.7 Å². The summed E-state index contributed by atoms with van der Waals surface area (Å²) in [6.45, 7) is 5.37. The maximum atomic E-state index is 13.1. The van der Waals surface area contributed by atoms with Crippen LogP contribution in [0, 0.1) is 19.7 Å². The fraction of sp³-hybridized carbons (Fsp3) is 0.190. The second-order valence-corrected chi connectivity index (χ2v) is 6.85. The van der Waals surface area contributed by atoms with E-state index in [1.165, 1.54) is 18.3 Å². The molecule has 1 amide bonds. The van der Waals surface area contributed by atoms with Crippen LogP contribution in [0.1, 0.15) is 40.4 Å². The highest BCUT2D eigenvalue weighted by Gasteiger charge is 2.18. The average Bonchev–Trinajstić information content (AvgIpc) is 3.34. The van der Waals surface area contributed by atoms with Gasteiger partial charge in [0.1, 0.15) is 5.82 Å². The number of halogens is 1. The molecular weight excluding hydrogens is 387 g/mol. The minimum absolute atomic E-state index is 0.270. The van der Waals surface area contributed by atoms with Crippen molar-refractivity contribution in [3.05, 3.63) is 77.3 Å². The molecule has 0 saturated carbocycles. The van der Waals surface area contributed by atoms with Gasteiger partial charge in [-0.15, -0.1) is 0 Å². The van der Waals surface area contributed by atoms with E-state index in [-0.39, 0.29) is 17.8 Å². The largest absolute Gasteiger partial charge is 0.345 e. The summed E-state index contributed by atoms with van der Waals surface area (Å²) in [4.78, 5) is 21.3. The van der Waals surface area contributed by atoms with Gasteiger partial charge in [0, 0.05) is 6.20 Å². The first kappa shape index (κ1) is 19.4. The summed E-state index contributed by atoms with van der Waals surface area (Å²) in [6.07, 6.45) is 3.11. The van der Waals surface area contributed by atoms with Gasteiger partial charge in [-0.25, -0.2) is 14.1 Å². The smallest absolute Gasteiger partial charge is 0.259 e. The third-order valence-electron chi connectivity index (χ3n) is 4.71. The van der Waals surface area contributed by atoms with Crippen LogP contribution in [0.3, 0.4) is 0 Å². The molecule has 3 aromatic heterocycles. The number of rotatable bonds is 5. The van der Waals surface area contributed by atoms with Crippen LogP contribution in [0.15, 0.2) is 53.3 Å². The van der Waals surface area contributed by atoms with Gasteiger partial charge < -0.3 is 9.84 Å². The first-order valence-corrected chi connectivity index (χ1v) is 9.30. The predicted octanol–water partition coefficient (Wildman–Crippen LogP) is 3.56. The second kappa shape index (κ2) is 7.86. The lowest BCUT2D eigenvalue weighted by Gasteiger charge is -2.14. The highest BCUT2D eigenvalue weighted by molar-refractivity contribution is 5.95. The average molecular weight is 406 g/mol. The summed E-state index contributed by atoms with van der Waals surface area (Å²) in [7, 11) is 0. The summed E-state index contributed by atoms with van der Waals surface area (Å²) in [6, 6.07) is 9.30. The number of benzene rings is 1. The quantitative estimate of drug-likeness (QED) is 0.544. The molecule has 0 spiro atoms. The molecule has 0 aliphatic carbocycles. The van der Waals surface area contributed by atoms with Gasteiger partial charge in [-0.05, 0) is 50.6 Å². The van der Waals surface area contributed by atoms with Gasteiger partial charge >= 0.3 is 0 Å². The number of amides is 1. The van der Waals surface area contributed by atoms with Gasteiger partial charge in [0.2, 0.25) is 0 Å². The lowest BCUT2D eigenvalue weighted by molar-refractivity contribution is 0.0939. The molecule has 0 aliphatic heterocycles. The summed E-state index contributed by atoms with van der Waals surface area (Å²) < 4.78 is 19.8. The predicted molar refractivity (Wildman–Crippen MR) is 106 cm³/mol. The minimum Gasteiger partial charge on any atom is -0.345 e. The molecule has 0 bridgehead atoms. The van der Waals surface area contributed by atoms with E-state index in [0.717, 1.165) is 5.56 Å². The Labute approximate surface area is 171 Å². The van der Waals surface area contributed by atoms with Gasteiger partial charge in [0.05, 0.1) is 29.1 Å². The van der Waals surface area contributed by atoms with Crippen molar-refractivity contribution in [2.75, 3.05) is 0 Å². The molecule has 1 aromatic carbocycles. The molecule has 4 aromatic rings. The molecule has 30 heavy (non-hydrogen) atoms. The summed E-state index contributed by atoms with van der Waals surface area (Å²) in [5.41, 5.74) is 2.58. The fourth-order valence-corrected chi connectivity index (χ4v) is 3.02. The zero-order valence-corrected chi connectivity index (χ0v) is 16.6. The van der Waals surface area contributed by atoms with Crippen LogP contribution in [0.2, 0.25) is 0 Å². The third kappa shape index (κ3) is 3.82. The van der Waals surface area contributed by atoms with Crippen LogP contribution in [-0.4, -0.2) is 30.8 Å². The first-order chi connectivity index (χ1) is 14.4. The standard InChI is InChI=1S/C21H19FN6O2/c1-12(15-4-7-17(22)8-5-15)25-20(29)18-11-24-28(13(18)2)19-9-6-16(10-23-19)21-26-14(3)27-30-21/h4-12H,1-3H3,(H,25,29). The molecule has 152 valence electrons. The summed E-state index contributed by atoms with van der Waals surface area (Å²) >= 11 is 0. The van der Waals surface area contributed by atoms with Crippen molar-refractivity contribution in [1.82, 2.24) is 30.2 Å². The SMILES string of the molecule is Cc1noc(-c2ccc(-n3ncc(C(=O)NC(C)c4ccc(F)cc4)c3C)nc2)n1. The monoisotopic (exact) mass is 406 g/mol. The first-order valence-electron chi connectivity index (χ1n) is 9.30. The van der Waals surface area contributed by atoms with E-state index in [4.69, 9.17) is 4.52 Å². The number of nitrogens with zero attached hydrogens (tertiary/aromatic N) is 5. The minimum atomic E-state index is -0.317. The molecule has 4 rings (SSSR count).